The van der Waals surface area contributed by atoms with Gasteiger partial charge in [0, 0.05) is 18.2 Å². The van der Waals surface area contributed by atoms with E-state index in [0.29, 0.717) is 18.4 Å². The molecule has 6 heteroatoms. The van der Waals surface area contributed by atoms with Crippen molar-refractivity contribution in [2.45, 2.75) is 32.0 Å². The zero-order chi connectivity index (χ0) is 13.1. The molecule has 3 rings (SSSR count). The summed E-state index contributed by atoms with van der Waals surface area (Å²) in [6, 6.07) is 5.48. The Bertz CT molecular complexity index is 541. The van der Waals surface area contributed by atoms with Crippen LogP contribution in [0.5, 0.6) is 5.75 Å². The number of aromatic nitrogens is 2. The third kappa shape index (κ3) is 3.08. The predicted octanol–water partition coefficient (Wildman–Crippen LogP) is 2.04. The largest absolute Gasteiger partial charge is 0.482 e. The first kappa shape index (κ1) is 12.1. The molecule has 0 saturated heterocycles. The third-order valence-electron chi connectivity index (χ3n) is 2.96. The van der Waals surface area contributed by atoms with E-state index in [1.165, 1.54) is 25.3 Å². The Labute approximate surface area is 109 Å². The first-order valence-electron chi connectivity index (χ1n) is 6.22. The summed E-state index contributed by atoms with van der Waals surface area (Å²) in [6.07, 6.45) is 3.60. The lowest BCUT2D eigenvalue weighted by Gasteiger charge is -2.11. The van der Waals surface area contributed by atoms with E-state index in [4.69, 9.17) is 4.74 Å². The molecule has 0 bridgehead atoms. The summed E-state index contributed by atoms with van der Waals surface area (Å²) in [5.41, 5.74) is 0.801. The van der Waals surface area contributed by atoms with Gasteiger partial charge in [0.2, 0.25) is 12.2 Å². The van der Waals surface area contributed by atoms with Crippen LogP contribution in [-0.4, -0.2) is 16.2 Å². The van der Waals surface area contributed by atoms with Gasteiger partial charge in [-0.2, -0.15) is 4.98 Å². The van der Waals surface area contributed by atoms with E-state index in [1.807, 2.05) is 6.07 Å². The number of ether oxygens (including phenoxy) is 1. The number of hydrogen-bond acceptors (Lipinski definition) is 5. The van der Waals surface area contributed by atoms with Gasteiger partial charge in [-0.1, -0.05) is 17.3 Å². The van der Waals surface area contributed by atoms with Crippen molar-refractivity contribution in [3.8, 4) is 5.75 Å². The lowest BCUT2D eigenvalue weighted by atomic mass is 10.2. The van der Waals surface area contributed by atoms with Gasteiger partial charge in [0.15, 0.2) is 18.2 Å². The zero-order valence-electron chi connectivity index (χ0n) is 10.3. The topological polar surface area (TPSA) is 60.2 Å². The van der Waals surface area contributed by atoms with E-state index in [-0.39, 0.29) is 18.2 Å². The second-order valence-electron chi connectivity index (χ2n) is 4.52. The van der Waals surface area contributed by atoms with Crippen LogP contribution in [0.25, 0.3) is 0 Å². The predicted molar refractivity (Wildman–Crippen MR) is 64.9 cm³/mol. The molecule has 1 heterocycles. The van der Waals surface area contributed by atoms with Crippen LogP contribution in [-0.2, 0) is 13.2 Å². The van der Waals surface area contributed by atoms with Gasteiger partial charge in [0.05, 0.1) is 0 Å². The van der Waals surface area contributed by atoms with Crippen LogP contribution in [0.4, 0.5) is 4.39 Å². The van der Waals surface area contributed by atoms with Gasteiger partial charge >= 0.3 is 0 Å². The molecule has 1 aromatic heterocycles. The first-order valence-corrected chi connectivity index (χ1v) is 6.22. The van der Waals surface area contributed by atoms with Gasteiger partial charge in [0.25, 0.3) is 0 Å². The molecule has 1 aromatic carbocycles. The van der Waals surface area contributed by atoms with Crippen molar-refractivity contribution in [2.24, 2.45) is 0 Å². The molecule has 1 N–H and O–H groups in total. The second-order valence-corrected chi connectivity index (χ2v) is 4.52. The monoisotopic (exact) mass is 263 g/mol. The van der Waals surface area contributed by atoms with Gasteiger partial charge in [-0.3, -0.25) is 0 Å². The lowest BCUT2D eigenvalue weighted by molar-refractivity contribution is 0.270. The highest BCUT2D eigenvalue weighted by molar-refractivity contribution is 5.35. The molecule has 1 fully saturated rings. The molecule has 1 aliphatic carbocycles. The molecule has 0 aliphatic heterocycles. The molecule has 0 amide bonds. The Kier molecular flexibility index (Phi) is 3.41. The Hall–Kier alpha value is -1.95. The quantitative estimate of drug-likeness (QED) is 0.864. The maximum absolute atomic E-state index is 13.8. The summed E-state index contributed by atoms with van der Waals surface area (Å²) >= 11 is 0. The van der Waals surface area contributed by atoms with Crippen LogP contribution in [0.15, 0.2) is 29.1 Å². The maximum Gasteiger partial charge on any atom is 0.213 e. The van der Waals surface area contributed by atoms with E-state index in [0.717, 1.165) is 5.56 Å². The van der Waals surface area contributed by atoms with E-state index < -0.39 is 0 Å². The fraction of sp³-hybridized carbons (Fsp3) is 0.385. The molecular weight excluding hydrogens is 249 g/mol. The van der Waals surface area contributed by atoms with Gasteiger partial charge in [0.1, 0.15) is 0 Å². The number of halogens is 1. The number of nitrogens with one attached hydrogen (secondary N) is 1. The average molecular weight is 263 g/mol. The van der Waals surface area contributed by atoms with Crippen LogP contribution in [0.1, 0.15) is 24.2 Å². The Morgan fingerprint density at radius 3 is 3.05 bits per heavy atom. The van der Waals surface area contributed by atoms with Crippen molar-refractivity contribution < 1.29 is 13.7 Å². The molecule has 5 nitrogen and oxygen atoms in total. The van der Waals surface area contributed by atoms with Gasteiger partial charge < -0.3 is 14.6 Å². The summed E-state index contributed by atoms with van der Waals surface area (Å²) in [6.45, 7) is 0.692. The van der Waals surface area contributed by atoms with Crippen LogP contribution in [0.2, 0.25) is 0 Å². The van der Waals surface area contributed by atoms with Crippen molar-refractivity contribution in [1.29, 1.82) is 0 Å². The molecule has 0 atom stereocenters. The fourth-order valence-electron chi connectivity index (χ4n) is 1.79. The third-order valence-corrected chi connectivity index (χ3v) is 2.96. The van der Waals surface area contributed by atoms with Crippen LogP contribution in [0.3, 0.4) is 0 Å². The van der Waals surface area contributed by atoms with Crippen molar-refractivity contribution in [2.75, 3.05) is 0 Å². The van der Waals surface area contributed by atoms with Crippen molar-refractivity contribution in [1.82, 2.24) is 15.5 Å². The minimum Gasteiger partial charge on any atom is -0.482 e. The Morgan fingerprint density at radius 1 is 1.42 bits per heavy atom. The Morgan fingerprint density at radius 2 is 2.32 bits per heavy atom. The standard InChI is InChI=1S/C13H14FN3O2/c14-11-3-1-2-9(6-15-10-4-5-10)13(11)18-7-12-16-8-19-17-12/h1-3,8,10,15H,4-7H2. The van der Waals surface area contributed by atoms with E-state index >= 15 is 0 Å². The molecule has 100 valence electrons. The maximum atomic E-state index is 13.8. The number of rotatable bonds is 6. The van der Waals surface area contributed by atoms with Crippen molar-refractivity contribution in [3.63, 3.8) is 0 Å². The summed E-state index contributed by atoms with van der Waals surface area (Å²) in [7, 11) is 0. The number of benzene rings is 1. The smallest absolute Gasteiger partial charge is 0.213 e. The summed E-state index contributed by atoms with van der Waals surface area (Å²) in [5, 5.41) is 6.96. The lowest BCUT2D eigenvalue weighted by Crippen LogP contribution is -2.16. The molecule has 0 radical (unpaired) electrons. The number of hydrogen-bond donors (Lipinski definition) is 1. The fourth-order valence-corrected chi connectivity index (χ4v) is 1.79. The van der Waals surface area contributed by atoms with Crippen LogP contribution < -0.4 is 10.1 Å². The molecular formula is C13H14FN3O2. The van der Waals surface area contributed by atoms with Crippen LogP contribution >= 0.6 is 0 Å². The van der Waals surface area contributed by atoms with E-state index in [9.17, 15) is 4.39 Å². The Balaban J connectivity index is 1.69. The molecule has 19 heavy (non-hydrogen) atoms. The highest BCUT2D eigenvalue weighted by Gasteiger charge is 2.21. The van der Waals surface area contributed by atoms with Gasteiger partial charge in [-0.25, -0.2) is 4.39 Å². The first-order chi connectivity index (χ1) is 9.33. The highest BCUT2D eigenvalue weighted by atomic mass is 19.1. The van der Waals surface area contributed by atoms with Gasteiger partial charge in [-0.05, 0) is 18.9 Å². The van der Waals surface area contributed by atoms with Crippen LogP contribution in [0, 0.1) is 5.82 Å². The normalized spacial score (nSPS) is 14.6. The summed E-state index contributed by atoms with van der Waals surface area (Å²) in [5.74, 6) is 0.267. The van der Waals surface area contributed by atoms with Crippen molar-refractivity contribution in [3.05, 3.63) is 41.8 Å². The number of nitrogens with zero attached hydrogens (tertiary/aromatic N) is 2. The summed E-state index contributed by atoms with van der Waals surface area (Å²) in [4.78, 5) is 3.83. The van der Waals surface area contributed by atoms with Gasteiger partial charge in [-0.15, -0.1) is 0 Å². The molecule has 0 unspecified atom stereocenters. The second kappa shape index (κ2) is 5.36. The van der Waals surface area contributed by atoms with E-state index in [2.05, 4.69) is 20.0 Å². The zero-order valence-corrected chi connectivity index (χ0v) is 10.3. The SMILES string of the molecule is Fc1cccc(CNC2CC2)c1OCc1ncon1. The van der Waals surface area contributed by atoms with Crippen molar-refractivity contribution >= 4 is 0 Å². The molecule has 2 aromatic rings. The van der Waals surface area contributed by atoms with E-state index in [1.54, 1.807) is 6.07 Å². The highest BCUT2D eigenvalue weighted by Crippen LogP contribution is 2.25. The molecule has 1 saturated carbocycles. The summed E-state index contributed by atoms with van der Waals surface area (Å²) < 4.78 is 23.9. The molecule has 1 aliphatic rings. The minimum atomic E-state index is -0.376. The average Bonchev–Trinajstić information content (AvgIpc) is 3.10. The molecule has 0 spiro atoms. The number of para-hydroxylation sites is 1. The minimum absolute atomic E-state index is 0.0911.